The SMILES string of the molecule is COc1cc(C=C2SC(=S)NC2=O)cc(Br)c1OCC#N. The van der Waals surface area contributed by atoms with Crippen LogP contribution in [0.15, 0.2) is 21.5 Å². The van der Waals surface area contributed by atoms with Crippen molar-refractivity contribution in [1.82, 2.24) is 5.32 Å². The Morgan fingerprint density at radius 1 is 1.57 bits per heavy atom. The van der Waals surface area contributed by atoms with Crippen LogP contribution < -0.4 is 14.8 Å². The normalized spacial score (nSPS) is 15.8. The number of rotatable bonds is 4. The monoisotopic (exact) mass is 384 g/mol. The predicted molar refractivity (Wildman–Crippen MR) is 88.1 cm³/mol. The molecule has 0 aliphatic carbocycles. The molecular weight excluding hydrogens is 376 g/mol. The summed E-state index contributed by atoms with van der Waals surface area (Å²) in [5.74, 6) is 0.697. The van der Waals surface area contributed by atoms with Crippen LogP contribution >= 0.6 is 39.9 Å². The van der Waals surface area contributed by atoms with E-state index in [-0.39, 0.29) is 12.5 Å². The van der Waals surface area contributed by atoms with Crippen LogP contribution in [-0.2, 0) is 4.79 Å². The second-order valence-corrected chi connectivity index (χ2v) is 6.41. The first-order valence-corrected chi connectivity index (χ1v) is 7.69. The van der Waals surface area contributed by atoms with Gasteiger partial charge in [-0.25, -0.2) is 0 Å². The number of methoxy groups -OCH3 is 1. The Morgan fingerprint density at radius 3 is 2.90 bits per heavy atom. The summed E-state index contributed by atoms with van der Waals surface area (Å²) in [4.78, 5) is 12.2. The number of benzene rings is 1. The lowest BCUT2D eigenvalue weighted by molar-refractivity contribution is -0.115. The number of nitriles is 1. The van der Waals surface area contributed by atoms with E-state index in [1.165, 1.54) is 18.9 Å². The average Bonchev–Trinajstić information content (AvgIpc) is 2.75. The van der Waals surface area contributed by atoms with Crippen LogP contribution in [0, 0.1) is 11.3 Å². The van der Waals surface area contributed by atoms with E-state index in [9.17, 15) is 4.79 Å². The summed E-state index contributed by atoms with van der Waals surface area (Å²) >= 11 is 9.51. The van der Waals surface area contributed by atoms with E-state index >= 15 is 0 Å². The van der Waals surface area contributed by atoms with Crippen molar-refractivity contribution in [2.24, 2.45) is 0 Å². The van der Waals surface area contributed by atoms with Gasteiger partial charge in [-0.2, -0.15) is 5.26 Å². The minimum Gasteiger partial charge on any atom is -0.493 e. The van der Waals surface area contributed by atoms with E-state index in [0.29, 0.717) is 25.2 Å². The summed E-state index contributed by atoms with van der Waals surface area (Å²) in [5, 5.41) is 11.1. The lowest BCUT2D eigenvalue weighted by Gasteiger charge is -2.11. The molecular formula is C13H9BrN2O3S2. The van der Waals surface area contributed by atoms with Gasteiger partial charge in [0.05, 0.1) is 16.5 Å². The maximum atomic E-state index is 11.6. The second kappa shape index (κ2) is 6.93. The van der Waals surface area contributed by atoms with E-state index in [2.05, 4.69) is 21.2 Å². The highest BCUT2D eigenvalue weighted by atomic mass is 79.9. The Balaban J connectivity index is 2.37. The zero-order valence-electron chi connectivity index (χ0n) is 10.8. The summed E-state index contributed by atoms with van der Waals surface area (Å²) in [5.41, 5.74) is 0.755. The molecule has 1 aliphatic heterocycles. The van der Waals surface area contributed by atoms with Crippen LogP contribution in [0.3, 0.4) is 0 Å². The molecule has 1 aromatic rings. The molecule has 1 saturated heterocycles. The maximum Gasteiger partial charge on any atom is 0.263 e. The van der Waals surface area contributed by atoms with Gasteiger partial charge in [0, 0.05) is 0 Å². The number of nitrogens with one attached hydrogen (secondary N) is 1. The molecule has 0 spiro atoms. The predicted octanol–water partition coefficient (Wildman–Crippen LogP) is 2.85. The molecule has 2 rings (SSSR count). The minimum absolute atomic E-state index is 0.0814. The quantitative estimate of drug-likeness (QED) is 0.635. The molecule has 0 unspecified atom stereocenters. The Bertz CT molecular complexity index is 683. The third kappa shape index (κ3) is 3.75. The van der Waals surface area contributed by atoms with Crippen LogP contribution in [0.4, 0.5) is 0 Å². The van der Waals surface area contributed by atoms with Crippen molar-refractivity contribution in [2.75, 3.05) is 13.7 Å². The van der Waals surface area contributed by atoms with Crippen LogP contribution in [-0.4, -0.2) is 23.9 Å². The smallest absolute Gasteiger partial charge is 0.263 e. The number of amides is 1. The second-order valence-electron chi connectivity index (χ2n) is 3.83. The van der Waals surface area contributed by atoms with E-state index < -0.39 is 0 Å². The number of ether oxygens (including phenoxy) is 2. The number of carbonyl (C=O) groups is 1. The first kappa shape index (κ1) is 15.8. The molecule has 0 radical (unpaired) electrons. The first-order chi connectivity index (χ1) is 10.0. The van der Waals surface area contributed by atoms with Crippen LogP contribution in [0.5, 0.6) is 11.5 Å². The highest BCUT2D eigenvalue weighted by Gasteiger charge is 2.22. The number of hydrogen-bond donors (Lipinski definition) is 1. The van der Waals surface area contributed by atoms with Crippen molar-refractivity contribution in [1.29, 1.82) is 5.26 Å². The molecule has 108 valence electrons. The van der Waals surface area contributed by atoms with Gasteiger partial charge in [0.2, 0.25) is 0 Å². The molecule has 0 saturated carbocycles. The molecule has 0 atom stereocenters. The fourth-order valence-corrected chi connectivity index (χ4v) is 3.26. The summed E-state index contributed by atoms with van der Waals surface area (Å²) in [6, 6.07) is 5.39. The van der Waals surface area contributed by atoms with Gasteiger partial charge < -0.3 is 14.8 Å². The van der Waals surface area contributed by atoms with Crippen LogP contribution in [0.2, 0.25) is 0 Å². The number of carbonyl (C=O) groups excluding carboxylic acids is 1. The molecule has 1 fully saturated rings. The Kier molecular flexibility index (Phi) is 5.22. The molecule has 21 heavy (non-hydrogen) atoms. The summed E-state index contributed by atoms with van der Waals surface area (Å²) in [6.45, 7) is -0.0814. The Morgan fingerprint density at radius 2 is 2.33 bits per heavy atom. The van der Waals surface area contributed by atoms with E-state index in [1.54, 1.807) is 18.2 Å². The molecule has 0 bridgehead atoms. The number of hydrogen-bond acceptors (Lipinski definition) is 6. The molecule has 1 heterocycles. The highest BCUT2D eigenvalue weighted by Crippen LogP contribution is 2.38. The highest BCUT2D eigenvalue weighted by molar-refractivity contribution is 9.10. The molecule has 1 N–H and O–H groups in total. The third-order valence-corrected chi connectivity index (χ3v) is 4.22. The minimum atomic E-state index is -0.218. The first-order valence-electron chi connectivity index (χ1n) is 5.67. The van der Waals surface area contributed by atoms with E-state index in [0.717, 1.165) is 5.56 Å². The zero-order valence-corrected chi connectivity index (χ0v) is 14.0. The summed E-state index contributed by atoms with van der Waals surface area (Å²) < 4.78 is 11.6. The van der Waals surface area contributed by atoms with Gasteiger partial charge >= 0.3 is 0 Å². The van der Waals surface area contributed by atoms with Crippen LogP contribution in [0.1, 0.15) is 5.56 Å². The van der Waals surface area contributed by atoms with Gasteiger partial charge in [-0.15, -0.1) is 0 Å². The molecule has 1 aromatic carbocycles. The largest absolute Gasteiger partial charge is 0.493 e. The molecule has 5 nitrogen and oxygen atoms in total. The lowest BCUT2D eigenvalue weighted by atomic mass is 10.2. The number of nitrogens with zero attached hydrogens (tertiary/aromatic N) is 1. The van der Waals surface area contributed by atoms with Crippen molar-refractivity contribution >= 4 is 56.2 Å². The zero-order chi connectivity index (χ0) is 15.4. The molecule has 1 amide bonds. The number of thiocarbonyl (C=S) groups is 1. The topological polar surface area (TPSA) is 71.3 Å². The van der Waals surface area contributed by atoms with Gasteiger partial charge in [-0.3, -0.25) is 4.79 Å². The summed E-state index contributed by atoms with van der Waals surface area (Å²) in [6.07, 6.45) is 1.71. The molecule has 1 aliphatic rings. The third-order valence-electron chi connectivity index (χ3n) is 2.47. The van der Waals surface area contributed by atoms with Crippen molar-refractivity contribution in [3.8, 4) is 17.6 Å². The molecule has 8 heteroatoms. The van der Waals surface area contributed by atoms with Gasteiger partial charge in [0.15, 0.2) is 18.1 Å². The van der Waals surface area contributed by atoms with Gasteiger partial charge in [-0.05, 0) is 39.7 Å². The Hall–Kier alpha value is -1.56. The van der Waals surface area contributed by atoms with Crippen molar-refractivity contribution in [2.45, 2.75) is 0 Å². The number of halogens is 1. The van der Waals surface area contributed by atoms with Crippen LogP contribution in [0.25, 0.3) is 6.08 Å². The van der Waals surface area contributed by atoms with E-state index in [1.807, 2.05) is 6.07 Å². The summed E-state index contributed by atoms with van der Waals surface area (Å²) in [7, 11) is 1.50. The lowest BCUT2D eigenvalue weighted by Crippen LogP contribution is -2.17. The van der Waals surface area contributed by atoms with Gasteiger partial charge in [-0.1, -0.05) is 24.0 Å². The molecule has 0 aromatic heterocycles. The van der Waals surface area contributed by atoms with Crippen molar-refractivity contribution in [3.63, 3.8) is 0 Å². The number of thioether (sulfide) groups is 1. The fourth-order valence-electron chi connectivity index (χ4n) is 1.64. The standard InChI is InChI=1S/C13H9BrN2O3S2/c1-18-9-5-7(4-8(14)11(9)19-3-2-15)6-10-12(17)16-13(20)21-10/h4-6H,3H2,1H3,(H,16,17,20). The average molecular weight is 385 g/mol. The van der Waals surface area contributed by atoms with Crippen molar-refractivity contribution < 1.29 is 14.3 Å². The van der Waals surface area contributed by atoms with Gasteiger partial charge in [0.25, 0.3) is 5.91 Å². The Labute approximate surface area is 139 Å². The fraction of sp³-hybridized carbons (Fsp3) is 0.154. The van der Waals surface area contributed by atoms with Gasteiger partial charge in [0.1, 0.15) is 10.4 Å². The van der Waals surface area contributed by atoms with E-state index in [4.69, 9.17) is 27.0 Å². The maximum absolute atomic E-state index is 11.6. The van der Waals surface area contributed by atoms with Crippen molar-refractivity contribution in [3.05, 3.63) is 27.1 Å².